The number of hydrogen-bond donors (Lipinski definition) is 2. The average molecular weight is 256 g/mol. The lowest BCUT2D eigenvalue weighted by molar-refractivity contribution is -0.129. The fraction of sp³-hybridized carbons (Fsp3) is 0.923. The first-order valence-corrected chi connectivity index (χ1v) is 6.99. The van der Waals surface area contributed by atoms with E-state index < -0.39 is 0 Å². The Morgan fingerprint density at radius 1 is 1.17 bits per heavy atom. The summed E-state index contributed by atoms with van der Waals surface area (Å²) in [6.45, 7) is 12.6. The van der Waals surface area contributed by atoms with Crippen molar-refractivity contribution in [1.82, 2.24) is 15.2 Å². The van der Waals surface area contributed by atoms with Crippen molar-refractivity contribution in [3.05, 3.63) is 0 Å². The summed E-state index contributed by atoms with van der Waals surface area (Å²) >= 11 is 0. The highest BCUT2D eigenvalue weighted by Gasteiger charge is 2.31. The van der Waals surface area contributed by atoms with Crippen LogP contribution in [0, 0.1) is 5.92 Å². The lowest BCUT2D eigenvalue weighted by atomic mass is 10.0. The van der Waals surface area contributed by atoms with E-state index in [1.807, 2.05) is 0 Å². The molecule has 0 bridgehead atoms. The van der Waals surface area contributed by atoms with E-state index in [1.54, 1.807) is 0 Å². The number of amides is 1. The lowest BCUT2D eigenvalue weighted by Crippen LogP contribution is -2.58. The van der Waals surface area contributed by atoms with Crippen molar-refractivity contribution in [2.75, 3.05) is 26.2 Å². The molecule has 1 heterocycles. The Kier molecular flexibility index (Phi) is 6.05. The minimum atomic E-state index is -0.103. The van der Waals surface area contributed by atoms with Gasteiger partial charge in [-0.1, -0.05) is 20.8 Å². The Balaban J connectivity index is 2.57. The smallest absolute Gasteiger partial charge is 0.251 e. The molecule has 1 saturated heterocycles. The number of carbonyl (C=O) groups excluding carboxylic acids is 1. The monoisotopic (exact) mass is 256 g/mol. The van der Waals surface area contributed by atoms with Crippen LogP contribution in [-0.2, 0) is 4.79 Å². The molecule has 0 saturated carbocycles. The molecular weight excluding hydrogens is 228 g/mol. The highest BCUT2D eigenvalue weighted by molar-refractivity contribution is 5.81. The van der Waals surface area contributed by atoms with Gasteiger partial charge in [0.1, 0.15) is 0 Å². The summed E-state index contributed by atoms with van der Waals surface area (Å²) in [5.74, 6) is 5.49. The second kappa shape index (κ2) is 7.07. The fourth-order valence-corrected chi connectivity index (χ4v) is 2.69. The van der Waals surface area contributed by atoms with E-state index in [0.717, 1.165) is 26.2 Å². The molecule has 0 spiro atoms. The number of hydrazine groups is 1. The van der Waals surface area contributed by atoms with Crippen LogP contribution in [0.4, 0.5) is 0 Å². The van der Waals surface area contributed by atoms with Gasteiger partial charge in [0, 0.05) is 32.2 Å². The largest absolute Gasteiger partial charge is 0.298 e. The summed E-state index contributed by atoms with van der Waals surface area (Å²) in [5.41, 5.74) is 2.29. The van der Waals surface area contributed by atoms with Crippen molar-refractivity contribution in [1.29, 1.82) is 0 Å². The maximum absolute atomic E-state index is 11.8. The van der Waals surface area contributed by atoms with Crippen LogP contribution in [0.15, 0.2) is 0 Å². The molecular formula is C13H28N4O. The quantitative estimate of drug-likeness (QED) is 0.425. The molecule has 1 amide bonds. The third-order valence-corrected chi connectivity index (χ3v) is 4.00. The van der Waals surface area contributed by atoms with Crippen molar-refractivity contribution >= 4 is 5.91 Å². The van der Waals surface area contributed by atoms with Gasteiger partial charge in [-0.3, -0.25) is 20.0 Å². The number of rotatable bonds is 5. The van der Waals surface area contributed by atoms with E-state index in [0.29, 0.717) is 6.04 Å². The molecule has 0 aromatic heterocycles. The zero-order chi connectivity index (χ0) is 13.7. The van der Waals surface area contributed by atoms with Crippen molar-refractivity contribution < 1.29 is 4.79 Å². The zero-order valence-corrected chi connectivity index (χ0v) is 12.1. The second-order valence-electron chi connectivity index (χ2n) is 5.53. The Labute approximate surface area is 111 Å². The maximum Gasteiger partial charge on any atom is 0.251 e. The Hall–Kier alpha value is -0.650. The number of piperazine rings is 1. The highest BCUT2D eigenvalue weighted by atomic mass is 16.2. The van der Waals surface area contributed by atoms with Crippen LogP contribution in [0.5, 0.6) is 0 Å². The van der Waals surface area contributed by atoms with Crippen LogP contribution in [-0.4, -0.2) is 54.0 Å². The van der Waals surface area contributed by atoms with Crippen molar-refractivity contribution in [2.45, 2.75) is 46.2 Å². The van der Waals surface area contributed by atoms with Crippen LogP contribution < -0.4 is 11.3 Å². The van der Waals surface area contributed by atoms with Crippen molar-refractivity contribution in [2.24, 2.45) is 11.8 Å². The number of carbonyl (C=O) groups is 1. The van der Waals surface area contributed by atoms with Gasteiger partial charge >= 0.3 is 0 Å². The third-order valence-electron chi connectivity index (χ3n) is 4.00. The molecule has 0 aliphatic carbocycles. The minimum absolute atomic E-state index is 0.0676. The summed E-state index contributed by atoms with van der Waals surface area (Å²) in [4.78, 5) is 16.6. The number of hydrogen-bond acceptors (Lipinski definition) is 4. The number of nitrogens with zero attached hydrogens (tertiary/aromatic N) is 2. The van der Waals surface area contributed by atoms with Gasteiger partial charge in [-0.15, -0.1) is 0 Å². The first-order valence-electron chi connectivity index (χ1n) is 6.99. The maximum atomic E-state index is 11.8. The van der Waals surface area contributed by atoms with Gasteiger partial charge in [-0.2, -0.15) is 0 Å². The van der Waals surface area contributed by atoms with E-state index in [9.17, 15) is 4.79 Å². The Morgan fingerprint density at radius 2 is 1.67 bits per heavy atom. The van der Waals surface area contributed by atoms with Gasteiger partial charge in [-0.05, 0) is 19.3 Å². The van der Waals surface area contributed by atoms with E-state index in [4.69, 9.17) is 5.84 Å². The molecule has 2 unspecified atom stereocenters. The van der Waals surface area contributed by atoms with Gasteiger partial charge in [0.2, 0.25) is 0 Å². The first-order chi connectivity index (χ1) is 8.51. The predicted molar refractivity (Wildman–Crippen MR) is 73.9 cm³/mol. The molecule has 2 atom stereocenters. The summed E-state index contributed by atoms with van der Waals surface area (Å²) in [5, 5.41) is 0. The van der Waals surface area contributed by atoms with Crippen LogP contribution in [0.3, 0.4) is 0 Å². The molecule has 3 N–H and O–H groups in total. The van der Waals surface area contributed by atoms with E-state index in [1.165, 1.54) is 6.42 Å². The molecule has 5 nitrogen and oxygen atoms in total. The molecule has 0 aromatic rings. The predicted octanol–water partition coefficient (Wildman–Crippen LogP) is 0.417. The second-order valence-corrected chi connectivity index (χ2v) is 5.53. The normalized spacial score (nSPS) is 21.9. The summed E-state index contributed by atoms with van der Waals surface area (Å²) < 4.78 is 0. The van der Waals surface area contributed by atoms with Crippen molar-refractivity contribution in [3.63, 3.8) is 0 Å². The van der Waals surface area contributed by atoms with Crippen LogP contribution in [0.25, 0.3) is 0 Å². The highest BCUT2D eigenvalue weighted by Crippen LogP contribution is 2.16. The number of nitrogens with two attached hydrogens (primary N) is 1. The Morgan fingerprint density at radius 3 is 2.06 bits per heavy atom. The third kappa shape index (κ3) is 3.67. The van der Waals surface area contributed by atoms with Gasteiger partial charge < -0.3 is 0 Å². The standard InChI is InChI=1S/C13H28N4O/c1-5-11(4)16-6-8-17(9-7-16)12(10(2)3)13(18)15-14/h10-12H,5-9,14H2,1-4H3,(H,15,18). The molecule has 0 aromatic carbocycles. The Bertz CT molecular complexity index is 262. The van der Waals surface area contributed by atoms with Crippen LogP contribution >= 0.6 is 0 Å². The molecule has 1 rings (SSSR count). The first kappa shape index (κ1) is 15.4. The molecule has 106 valence electrons. The van der Waals surface area contributed by atoms with Crippen molar-refractivity contribution in [3.8, 4) is 0 Å². The van der Waals surface area contributed by atoms with E-state index in [2.05, 4.69) is 42.9 Å². The van der Waals surface area contributed by atoms with Crippen LogP contribution in [0.1, 0.15) is 34.1 Å². The summed E-state index contributed by atoms with van der Waals surface area (Å²) in [6.07, 6.45) is 1.18. The fourth-order valence-electron chi connectivity index (χ4n) is 2.69. The minimum Gasteiger partial charge on any atom is -0.298 e. The summed E-state index contributed by atoms with van der Waals surface area (Å²) in [7, 11) is 0. The average Bonchev–Trinajstić information content (AvgIpc) is 2.38. The van der Waals surface area contributed by atoms with Gasteiger partial charge in [0.25, 0.3) is 5.91 Å². The summed E-state index contributed by atoms with van der Waals surface area (Å²) in [6, 6.07) is 0.530. The van der Waals surface area contributed by atoms with E-state index >= 15 is 0 Å². The van der Waals surface area contributed by atoms with Crippen LogP contribution in [0.2, 0.25) is 0 Å². The molecule has 1 aliphatic heterocycles. The molecule has 18 heavy (non-hydrogen) atoms. The van der Waals surface area contributed by atoms with Gasteiger partial charge in [0.05, 0.1) is 6.04 Å². The molecule has 1 fully saturated rings. The molecule has 0 radical (unpaired) electrons. The zero-order valence-electron chi connectivity index (χ0n) is 12.1. The topological polar surface area (TPSA) is 61.6 Å². The van der Waals surface area contributed by atoms with Gasteiger partial charge in [0.15, 0.2) is 0 Å². The number of nitrogens with one attached hydrogen (secondary N) is 1. The van der Waals surface area contributed by atoms with Gasteiger partial charge in [-0.25, -0.2) is 5.84 Å². The SMILES string of the molecule is CCC(C)N1CCN(C(C(=O)NN)C(C)C)CC1. The van der Waals surface area contributed by atoms with E-state index in [-0.39, 0.29) is 17.9 Å². The molecule has 5 heteroatoms. The lowest BCUT2D eigenvalue weighted by Gasteiger charge is -2.41. The molecule has 1 aliphatic rings.